The maximum Gasteiger partial charge on any atom is 0.268 e. The van der Waals surface area contributed by atoms with Gasteiger partial charge in [-0.2, -0.15) is 0 Å². The first-order valence-corrected chi connectivity index (χ1v) is 7.77. The van der Waals surface area contributed by atoms with Crippen LogP contribution in [0.5, 0.6) is 5.75 Å². The fraction of sp³-hybridized carbons (Fsp3) is 0.211. The Kier molecular flexibility index (Phi) is 4.51. The molecule has 0 saturated heterocycles. The van der Waals surface area contributed by atoms with Crippen molar-refractivity contribution in [2.75, 3.05) is 13.7 Å². The summed E-state index contributed by atoms with van der Waals surface area (Å²) in [6, 6.07) is 12.2. The second kappa shape index (κ2) is 6.74. The number of aromatic nitrogens is 1. The molecule has 0 saturated carbocycles. The Morgan fingerprint density at radius 3 is 2.67 bits per heavy atom. The summed E-state index contributed by atoms with van der Waals surface area (Å²) in [5, 5.41) is 3.76. The van der Waals surface area contributed by atoms with E-state index in [0.717, 1.165) is 28.7 Å². The first kappa shape index (κ1) is 16.1. The number of fused-ring (bicyclic) bond motifs is 1. The fourth-order valence-electron chi connectivity index (χ4n) is 2.74. The van der Waals surface area contributed by atoms with Gasteiger partial charge < -0.3 is 15.0 Å². The Balaban J connectivity index is 1.65. The maximum atomic E-state index is 13.3. The molecule has 0 fully saturated rings. The van der Waals surface area contributed by atoms with Crippen LogP contribution in [0.25, 0.3) is 10.9 Å². The van der Waals surface area contributed by atoms with Gasteiger partial charge in [0.05, 0.1) is 7.11 Å². The topological polar surface area (TPSA) is 54.1 Å². The molecule has 124 valence electrons. The van der Waals surface area contributed by atoms with Gasteiger partial charge in [-0.25, -0.2) is 4.39 Å². The fourth-order valence-corrected chi connectivity index (χ4v) is 2.74. The molecular weight excluding hydrogens is 307 g/mol. The SMILES string of the molecule is COc1ccc(CCNC(=O)c2[nH]c3cc(F)ccc3c2C)cc1. The molecule has 3 rings (SSSR count). The molecule has 0 unspecified atom stereocenters. The van der Waals surface area contributed by atoms with Crippen molar-refractivity contribution in [1.82, 2.24) is 10.3 Å². The normalized spacial score (nSPS) is 10.8. The summed E-state index contributed by atoms with van der Waals surface area (Å²) in [6.45, 7) is 2.38. The minimum Gasteiger partial charge on any atom is -0.497 e. The molecule has 24 heavy (non-hydrogen) atoms. The smallest absolute Gasteiger partial charge is 0.268 e. The number of aryl methyl sites for hydroxylation is 1. The van der Waals surface area contributed by atoms with Crippen LogP contribution in [0.2, 0.25) is 0 Å². The number of rotatable bonds is 5. The third-order valence-corrected chi connectivity index (χ3v) is 4.11. The zero-order chi connectivity index (χ0) is 17.1. The van der Waals surface area contributed by atoms with Crippen LogP contribution in [0, 0.1) is 12.7 Å². The van der Waals surface area contributed by atoms with Gasteiger partial charge in [-0.15, -0.1) is 0 Å². The molecule has 1 amide bonds. The molecule has 4 nitrogen and oxygen atoms in total. The minimum absolute atomic E-state index is 0.183. The molecule has 1 aromatic heterocycles. The summed E-state index contributed by atoms with van der Waals surface area (Å²) < 4.78 is 18.4. The van der Waals surface area contributed by atoms with Crippen LogP contribution < -0.4 is 10.1 Å². The Bertz CT molecular complexity index is 869. The number of methoxy groups -OCH3 is 1. The third kappa shape index (κ3) is 3.25. The van der Waals surface area contributed by atoms with E-state index >= 15 is 0 Å². The van der Waals surface area contributed by atoms with Crippen molar-refractivity contribution in [1.29, 1.82) is 0 Å². The van der Waals surface area contributed by atoms with E-state index in [1.54, 1.807) is 13.2 Å². The number of nitrogens with one attached hydrogen (secondary N) is 2. The molecule has 0 aliphatic heterocycles. The Labute approximate surface area is 139 Å². The van der Waals surface area contributed by atoms with Gasteiger partial charge in [0.25, 0.3) is 5.91 Å². The number of halogens is 1. The highest BCUT2D eigenvalue weighted by atomic mass is 19.1. The van der Waals surface area contributed by atoms with E-state index in [0.29, 0.717) is 17.8 Å². The van der Waals surface area contributed by atoms with Crippen LogP contribution in [-0.2, 0) is 6.42 Å². The lowest BCUT2D eigenvalue weighted by Gasteiger charge is -2.06. The molecule has 2 N–H and O–H groups in total. The molecule has 0 spiro atoms. The van der Waals surface area contributed by atoms with Gasteiger partial charge in [0.15, 0.2) is 0 Å². The molecule has 0 aliphatic rings. The molecule has 0 atom stereocenters. The largest absolute Gasteiger partial charge is 0.497 e. The van der Waals surface area contributed by atoms with E-state index in [9.17, 15) is 9.18 Å². The second-order valence-electron chi connectivity index (χ2n) is 5.67. The molecule has 2 aromatic carbocycles. The van der Waals surface area contributed by atoms with Crippen LogP contribution in [0.1, 0.15) is 21.6 Å². The van der Waals surface area contributed by atoms with Gasteiger partial charge in [0, 0.05) is 17.4 Å². The van der Waals surface area contributed by atoms with Gasteiger partial charge in [-0.05, 0) is 54.8 Å². The van der Waals surface area contributed by atoms with Crippen LogP contribution in [0.4, 0.5) is 4.39 Å². The number of hydrogen-bond donors (Lipinski definition) is 2. The number of hydrogen-bond acceptors (Lipinski definition) is 2. The molecule has 0 aliphatic carbocycles. The molecular formula is C19H19FN2O2. The molecule has 1 heterocycles. The highest BCUT2D eigenvalue weighted by Gasteiger charge is 2.14. The molecule has 0 bridgehead atoms. The average Bonchev–Trinajstić information content (AvgIpc) is 2.91. The predicted molar refractivity (Wildman–Crippen MR) is 92.0 cm³/mol. The summed E-state index contributed by atoms with van der Waals surface area (Å²) in [5.41, 5.74) is 3.05. The van der Waals surface area contributed by atoms with E-state index < -0.39 is 0 Å². The van der Waals surface area contributed by atoms with Crippen molar-refractivity contribution in [3.05, 3.63) is 65.1 Å². The number of H-pyrrole nitrogens is 1. The highest BCUT2D eigenvalue weighted by Crippen LogP contribution is 2.22. The van der Waals surface area contributed by atoms with E-state index in [-0.39, 0.29) is 11.7 Å². The number of benzene rings is 2. The van der Waals surface area contributed by atoms with Gasteiger partial charge in [0.2, 0.25) is 0 Å². The molecule has 5 heteroatoms. The average molecular weight is 326 g/mol. The lowest BCUT2D eigenvalue weighted by atomic mass is 10.1. The van der Waals surface area contributed by atoms with E-state index in [2.05, 4.69) is 10.3 Å². The zero-order valence-corrected chi connectivity index (χ0v) is 13.7. The van der Waals surface area contributed by atoms with Crippen molar-refractivity contribution < 1.29 is 13.9 Å². The molecule has 3 aromatic rings. The van der Waals surface area contributed by atoms with E-state index in [1.165, 1.54) is 12.1 Å². The number of amides is 1. The number of aromatic amines is 1. The van der Waals surface area contributed by atoms with Crippen molar-refractivity contribution in [3.63, 3.8) is 0 Å². The number of carbonyl (C=O) groups is 1. The summed E-state index contributed by atoms with van der Waals surface area (Å²) in [6.07, 6.45) is 0.726. The Hall–Kier alpha value is -2.82. The molecule has 0 radical (unpaired) electrons. The summed E-state index contributed by atoms with van der Waals surface area (Å²) in [5.74, 6) is 0.302. The first-order chi connectivity index (χ1) is 11.6. The zero-order valence-electron chi connectivity index (χ0n) is 13.7. The van der Waals surface area contributed by atoms with Crippen LogP contribution in [-0.4, -0.2) is 24.5 Å². The predicted octanol–water partition coefficient (Wildman–Crippen LogP) is 3.60. The lowest BCUT2D eigenvalue weighted by molar-refractivity contribution is 0.0949. The number of ether oxygens (including phenoxy) is 1. The van der Waals surface area contributed by atoms with Crippen molar-refractivity contribution in [2.24, 2.45) is 0 Å². The van der Waals surface area contributed by atoms with Gasteiger partial charge >= 0.3 is 0 Å². The monoisotopic (exact) mass is 326 g/mol. The Morgan fingerprint density at radius 2 is 1.96 bits per heavy atom. The van der Waals surface area contributed by atoms with Crippen LogP contribution in [0.15, 0.2) is 42.5 Å². The number of carbonyl (C=O) groups excluding carboxylic acids is 1. The van der Waals surface area contributed by atoms with Gasteiger partial charge in [0.1, 0.15) is 17.3 Å². The first-order valence-electron chi connectivity index (χ1n) is 7.77. The maximum absolute atomic E-state index is 13.3. The van der Waals surface area contributed by atoms with Crippen LogP contribution in [0.3, 0.4) is 0 Å². The van der Waals surface area contributed by atoms with Gasteiger partial charge in [-0.1, -0.05) is 12.1 Å². The van der Waals surface area contributed by atoms with Crippen molar-refractivity contribution >= 4 is 16.8 Å². The van der Waals surface area contributed by atoms with E-state index in [1.807, 2.05) is 31.2 Å². The highest BCUT2D eigenvalue weighted by molar-refractivity contribution is 6.00. The standard InChI is InChI=1S/C19H19FN2O2/c1-12-16-8-5-14(20)11-17(16)22-18(12)19(23)21-10-9-13-3-6-15(24-2)7-4-13/h3-8,11,22H,9-10H2,1-2H3,(H,21,23). The summed E-state index contributed by atoms with van der Waals surface area (Å²) >= 11 is 0. The van der Waals surface area contributed by atoms with Crippen molar-refractivity contribution in [3.8, 4) is 5.75 Å². The van der Waals surface area contributed by atoms with Crippen molar-refractivity contribution in [2.45, 2.75) is 13.3 Å². The second-order valence-corrected chi connectivity index (χ2v) is 5.67. The van der Waals surface area contributed by atoms with Gasteiger partial charge in [-0.3, -0.25) is 4.79 Å². The van der Waals surface area contributed by atoms with Crippen LogP contribution >= 0.6 is 0 Å². The minimum atomic E-state index is -0.324. The lowest BCUT2D eigenvalue weighted by Crippen LogP contribution is -2.26. The summed E-state index contributed by atoms with van der Waals surface area (Å²) in [4.78, 5) is 15.4. The third-order valence-electron chi connectivity index (χ3n) is 4.11. The Morgan fingerprint density at radius 1 is 1.21 bits per heavy atom. The quantitative estimate of drug-likeness (QED) is 0.753. The summed E-state index contributed by atoms with van der Waals surface area (Å²) in [7, 11) is 1.63. The van der Waals surface area contributed by atoms with E-state index in [4.69, 9.17) is 4.74 Å².